The van der Waals surface area contributed by atoms with Crippen LogP contribution in [0.15, 0.2) is 18.2 Å². The standard InChI is InChI=1S/C18H26ClN3O2/c19-15-3-4-17(23)16(10-15)21-18(24)14-5-8-22(9-6-14)12-13-2-1-7-20-11-13/h3-4,10,13-14,20,23H,1-2,5-9,11-12H2,(H,21,24). The molecule has 3 N–H and O–H groups in total. The maximum Gasteiger partial charge on any atom is 0.227 e. The van der Waals surface area contributed by atoms with E-state index in [1.54, 1.807) is 12.1 Å². The number of benzene rings is 1. The van der Waals surface area contributed by atoms with Crippen molar-refractivity contribution < 1.29 is 9.90 Å². The molecule has 132 valence electrons. The first-order valence-corrected chi connectivity index (χ1v) is 9.22. The van der Waals surface area contributed by atoms with Crippen LogP contribution in [0.3, 0.4) is 0 Å². The zero-order valence-corrected chi connectivity index (χ0v) is 14.7. The summed E-state index contributed by atoms with van der Waals surface area (Å²) in [6, 6.07) is 4.68. The first-order valence-electron chi connectivity index (χ1n) is 8.84. The predicted molar refractivity (Wildman–Crippen MR) is 96.5 cm³/mol. The van der Waals surface area contributed by atoms with Gasteiger partial charge in [0.1, 0.15) is 5.75 Å². The monoisotopic (exact) mass is 351 g/mol. The largest absolute Gasteiger partial charge is 0.506 e. The lowest BCUT2D eigenvalue weighted by atomic mass is 9.93. The summed E-state index contributed by atoms with van der Waals surface area (Å²) in [4.78, 5) is 14.9. The van der Waals surface area contributed by atoms with Crippen LogP contribution in [-0.2, 0) is 4.79 Å². The van der Waals surface area contributed by atoms with Crippen LogP contribution in [0.25, 0.3) is 0 Å². The lowest BCUT2D eigenvalue weighted by Gasteiger charge is -2.35. The third-order valence-electron chi connectivity index (χ3n) is 5.09. The predicted octanol–water partition coefficient (Wildman–Crippen LogP) is 2.70. The third kappa shape index (κ3) is 4.62. The Balaban J connectivity index is 1.47. The maximum absolute atomic E-state index is 12.4. The number of likely N-dealkylation sites (tertiary alicyclic amines) is 1. The van der Waals surface area contributed by atoms with Gasteiger partial charge in [0.25, 0.3) is 0 Å². The Labute approximate surface area is 148 Å². The Morgan fingerprint density at radius 3 is 2.83 bits per heavy atom. The summed E-state index contributed by atoms with van der Waals surface area (Å²) in [6.45, 7) is 5.34. The highest BCUT2D eigenvalue weighted by atomic mass is 35.5. The van der Waals surface area contributed by atoms with Crippen molar-refractivity contribution in [3.63, 3.8) is 0 Å². The molecule has 0 aliphatic carbocycles. The molecule has 1 unspecified atom stereocenters. The summed E-state index contributed by atoms with van der Waals surface area (Å²) in [5.41, 5.74) is 0.392. The number of phenols is 1. The van der Waals surface area contributed by atoms with Crippen LogP contribution in [0.5, 0.6) is 5.75 Å². The molecule has 0 bridgehead atoms. The van der Waals surface area contributed by atoms with Crippen molar-refractivity contribution in [1.29, 1.82) is 0 Å². The second-order valence-corrected chi connectivity index (χ2v) is 7.37. The molecular formula is C18H26ClN3O2. The normalized spacial score (nSPS) is 23.1. The number of piperidine rings is 2. The SMILES string of the molecule is O=C(Nc1cc(Cl)ccc1O)C1CCN(CC2CCCNC2)CC1. The number of nitrogens with one attached hydrogen (secondary N) is 2. The molecule has 24 heavy (non-hydrogen) atoms. The molecule has 0 aromatic heterocycles. The summed E-state index contributed by atoms with van der Waals surface area (Å²) in [5.74, 6) is 0.776. The van der Waals surface area contributed by atoms with Gasteiger partial charge in [0.05, 0.1) is 5.69 Å². The number of carbonyl (C=O) groups excluding carboxylic acids is 1. The van der Waals surface area contributed by atoms with Crippen LogP contribution in [0.2, 0.25) is 5.02 Å². The number of phenolic OH excluding ortho intramolecular Hbond substituents is 1. The molecule has 0 radical (unpaired) electrons. The number of halogens is 1. The van der Waals surface area contributed by atoms with Gasteiger partial charge in [-0.3, -0.25) is 4.79 Å². The summed E-state index contributed by atoms with van der Waals surface area (Å²) in [7, 11) is 0. The molecule has 2 aliphatic heterocycles. The molecule has 2 aliphatic rings. The molecule has 3 rings (SSSR count). The van der Waals surface area contributed by atoms with E-state index in [4.69, 9.17) is 11.6 Å². The Bertz CT molecular complexity index is 567. The van der Waals surface area contributed by atoms with Crippen LogP contribution in [0.4, 0.5) is 5.69 Å². The smallest absolute Gasteiger partial charge is 0.227 e. The molecule has 1 amide bonds. The molecule has 0 spiro atoms. The van der Waals surface area contributed by atoms with E-state index in [9.17, 15) is 9.90 Å². The zero-order chi connectivity index (χ0) is 16.9. The molecule has 6 heteroatoms. The van der Waals surface area contributed by atoms with E-state index < -0.39 is 0 Å². The minimum atomic E-state index is -0.0217. The summed E-state index contributed by atoms with van der Waals surface area (Å²) < 4.78 is 0. The summed E-state index contributed by atoms with van der Waals surface area (Å²) in [5, 5.41) is 16.6. The highest BCUT2D eigenvalue weighted by molar-refractivity contribution is 6.31. The van der Waals surface area contributed by atoms with E-state index >= 15 is 0 Å². The molecular weight excluding hydrogens is 326 g/mol. The van der Waals surface area contributed by atoms with Crippen molar-refractivity contribution in [2.75, 3.05) is 38.0 Å². The van der Waals surface area contributed by atoms with E-state index in [0.29, 0.717) is 10.7 Å². The van der Waals surface area contributed by atoms with Gasteiger partial charge in [0.15, 0.2) is 0 Å². The second kappa shape index (κ2) is 8.19. The van der Waals surface area contributed by atoms with Crippen molar-refractivity contribution in [1.82, 2.24) is 10.2 Å². The fourth-order valence-corrected chi connectivity index (χ4v) is 3.84. The molecule has 1 aromatic carbocycles. The molecule has 2 heterocycles. The summed E-state index contributed by atoms with van der Waals surface area (Å²) >= 11 is 5.92. The van der Waals surface area contributed by atoms with Crippen LogP contribution >= 0.6 is 11.6 Å². The molecule has 1 atom stereocenters. The van der Waals surface area contributed by atoms with Crippen molar-refractivity contribution in [3.8, 4) is 5.75 Å². The minimum Gasteiger partial charge on any atom is -0.506 e. The summed E-state index contributed by atoms with van der Waals surface area (Å²) in [6.07, 6.45) is 4.31. The van der Waals surface area contributed by atoms with Crippen molar-refractivity contribution >= 4 is 23.2 Å². The maximum atomic E-state index is 12.4. The zero-order valence-electron chi connectivity index (χ0n) is 13.9. The van der Waals surface area contributed by atoms with Gasteiger partial charge in [-0.15, -0.1) is 0 Å². The number of carbonyl (C=O) groups is 1. The lowest BCUT2D eigenvalue weighted by Crippen LogP contribution is -2.43. The first kappa shape index (κ1) is 17.5. The van der Waals surface area contributed by atoms with Crippen LogP contribution in [-0.4, -0.2) is 48.6 Å². The average molecular weight is 352 g/mol. The third-order valence-corrected chi connectivity index (χ3v) is 5.33. The number of amides is 1. The van der Waals surface area contributed by atoms with Gasteiger partial charge in [0.2, 0.25) is 5.91 Å². The average Bonchev–Trinajstić information content (AvgIpc) is 2.60. The number of anilines is 1. The van der Waals surface area contributed by atoms with Gasteiger partial charge in [-0.2, -0.15) is 0 Å². The van der Waals surface area contributed by atoms with Crippen LogP contribution in [0, 0.1) is 11.8 Å². The van der Waals surface area contributed by atoms with E-state index in [1.807, 2.05) is 0 Å². The first-order chi connectivity index (χ1) is 11.6. The van der Waals surface area contributed by atoms with Gasteiger partial charge in [-0.1, -0.05) is 11.6 Å². The van der Waals surface area contributed by atoms with Crippen molar-refractivity contribution in [2.24, 2.45) is 11.8 Å². The highest BCUT2D eigenvalue weighted by Crippen LogP contribution is 2.28. The van der Waals surface area contributed by atoms with Gasteiger partial charge < -0.3 is 20.6 Å². The van der Waals surface area contributed by atoms with Crippen molar-refractivity contribution in [3.05, 3.63) is 23.2 Å². The number of hydrogen-bond donors (Lipinski definition) is 3. The number of nitrogens with zero attached hydrogens (tertiary/aromatic N) is 1. The number of rotatable bonds is 4. The molecule has 2 saturated heterocycles. The molecule has 2 fully saturated rings. The number of aromatic hydroxyl groups is 1. The quantitative estimate of drug-likeness (QED) is 0.730. The van der Waals surface area contributed by atoms with Gasteiger partial charge in [0, 0.05) is 17.5 Å². The van der Waals surface area contributed by atoms with Crippen LogP contribution in [0.1, 0.15) is 25.7 Å². The lowest BCUT2D eigenvalue weighted by molar-refractivity contribution is -0.121. The Morgan fingerprint density at radius 1 is 1.33 bits per heavy atom. The Kier molecular flexibility index (Phi) is 5.98. The second-order valence-electron chi connectivity index (χ2n) is 6.94. The van der Waals surface area contributed by atoms with E-state index in [2.05, 4.69) is 15.5 Å². The Morgan fingerprint density at radius 2 is 2.12 bits per heavy atom. The highest BCUT2D eigenvalue weighted by Gasteiger charge is 2.27. The topological polar surface area (TPSA) is 64.6 Å². The number of hydrogen-bond acceptors (Lipinski definition) is 4. The molecule has 0 saturated carbocycles. The van der Waals surface area contributed by atoms with Crippen molar-refractivity contribution in [2.45, 2.75) is 25.7 Å². The molecule has 5 nitrogen and oxygen atoms in total. The fourth-order valence-electron chi connectivity index (χ4n) is 3.67. The van der Waals surface area contributed by atoms with E-state index in [-0.39, 0.29) is 17.6 Å². The van der Waals surface area contributed by atoms with Gasteiger partial charge >= 0.3 is 0 Å². The fraction of sp³-hybridized carbons (Fsp3) is 0.611. The molecule has 1 aromatic rings. The van der Waals surface area contributed by atoms with Gasteiger partial charge in [-0.25, -0.2) is 0 Å². The van der Waals surface area contributed by atoms with E-state index in [1.165, 1.54) is 18.9 Å². The minimum absolute atomic E-state index is 0.00381. The van der Waals surface area contributed by atoms with Crippen LogP contribution < -0.4 is 10.6 Å². The van der Waals surface area contributed by atoms with E-state index in [0.717, 1.165) is 51.5 Å². The van der Waals surface area contributed by atoms with Gasteiger partial charge in [-0.05, 0) is 76.0 Å². The Hall–Kier alpha value is -1.30.